The van der Waals surface area contributed by atoms with Gasteiger partial charge in [-0.25, -0.2) is 0 Å². The molecule has 6 nitrogen and oxygen atoms in total. The van der Waals surface area contributed by atoms with Crippen molar-refractivity contribution in [3.05, 3.63) is 58.6 Å². The summed E-state index contributed by atoms with van der Waals surface area (Å²) in [5.41, 5.74) is 0.735. The number of carbonyl (C=O) groups excluding carboxylic acids is 2. The lowest BCUT2D eigenvalue weighted by Gasteiger charge is -2.39. The van der Waals surface area contributed by atoms with Gasteiger partial charge in [0, 0.05) is 35.9 Å². The van der Waals surface area contributed by atoms with E-state index in [1.54, 1.807) is 44.3 Å². The number of nitrogens with one attached hydrogen (secondary N) is 2. The van der Waals surface area contributed by atoms with Crippen LogP contribution in [0.25, 0.3) is 0 Å². The van der Waals surface area contributed by atoms with E-state index in [2.05, 4.69) is 10.6 Å². The van der Waals surface area contributed by atoms with Crippen LogP contribution in [-0.2, 0) is 15.1 Å². The van der Waals surface area contributed by atoms with Gasteiger partial charge in [0.2, 0.25) is 5.91 Å². The number of anilines is 1. The molecule has 0 spiro atoms. The summed E-state index contributed by atoms with van der Waals surface area (Å²) in [6.07, 6.45) is 5.24. The number of rotatable bonds is 6. The number of halogens is 1. The fourth-order valence-electron chi connectivity index (χ4n) is 5.08. The number of benzene rings is 2. The summed E-state index contributed by atoms with van der Waals surface area (Å²) >= 11 is 6.38. The van der Waals surface area contributed by atoms with Gasteiger partial charge in [-0.3, -0.25) is 14.9 Å². The minimum Gasteiger partial charge on any atom is -0.496 e. The van der Waals surface area contributed by atoms with Crippen molar-refractivity contribution in [1.29, 1.82) is 0 Å². The lowest BCUT2D eigenvalue weighted by Crippen LogP contribution is -2.60. The molecule has 2 aliphatic rings. The van der Waals surface area contributed by atoms with Gasteiger partial charge in [-0.2, -0.15) is 0 Å². The van der Waals surface area contributed by atoms with Crippen LogP contribution in [0.5, 0.6) is 5.75 Å². The third-order valence-corrected chi connectivity index (χ3v) is 6.92. The first-order valence-corrected chi connectivity index (χ1v) is 11.5. The van der Waals surface area contributed by atoms with Gasteiger partial charge >= 0.3 is 0 Å². The monoisotopic (exact) mass is 455 g/mol. The lowest BCUT2D eigenvalue weighted by molar-refractivity contribution is -0.134. The van der Waals surface area contributed by atoms with Crippen molar-refractivity contribution in [3.8, 4) is 5.75 Å². The second kappa shape index (κ2) is 9.12. The lowest BCUT2D eigenvalue weighted by atomic mass is 9.78. The van der Waals surface area contributed by atoms with E-state index < -0.39 is 11.6 Å². The van der Waals surface area contributed by atoms with Gasteiger partial charge in [0.25, 0.3) is 5.91 Å². The first-order chi connectivity index (χ1) is 15.4. The van der Waals surface area contributed by atoms with Gasteiger partial charge in [0.1, 0.15) is 5.75 Å². The van der Waals surface area contributed by atoms with Crippen molar-refractivity contribution in [2.45, 2.75) is 43.7 Å². The van der Waals surface area contributed by atoms with Crippen LogP contribution in [0.1, 0.15) is 43.2 Å². The van der Waals surface area contributed by atoms with Crippen molar-refractivity contribution in [3.63, 3.8) is 0 Å². The van der Waals surface area contributed by atoms with Crippen LogP contribution in [0.2, 0.25) is 5.02 Å². The van der Waals surface area contributed by atoms with Crippen LogP contribution in [0.3, 0.4) is 0 Å². The maximum atomic E-state index is 13.7. The fraction of sp³-hybridized carbons (Fsp3) is 0.440. The molecule has 4 rings (SSSR count). The summed E-state index contributed by atoms with van der Waals surface area (Å²) in [6.45, 7) is 0. The van der Waals surface area contributed by atoms with Crippen LogP contribution in [0.15, 0.2) is 42.5 Å². The molecule has 0 saturated heterocycles. The van der Waals surface area contributed by atoms with Crippen LogP contribution in [0.4, 0.5) is 5.69 Å². The summed E-state index contributed by atoms with van der Waals surface area (Å²) in [7, 11) is 5.10. The summed E-state index contributed by atoms with van der Waals surface area (Å²) in [4.78, 5) is 28.8. The minimum absolute atomic E-state index is 0.0329. The Balaban J connectivity index is 1.91. The molecule has 2 amide bonds. The van der Waals surface area contributed by atoms with Crippen molar-refractivity contribution in [2.75, 3.05) is 26.5 Å². The summed E-state index contributed by atoms with van der Waals surface area (Å²) in [5, 5.41) is 7.09. The van der Waals surface area contributed by atoms with Crippen molar-refractivity contribution >= 4 is 29.1 Å². The fourth-order valence-corrected chi connectivity index (χ4v) is 5.25. The van der Waals surface area contributed by atoms with E-state index in [1.807, 2.05) is 24.3 Å². The molecule has 170 valence electrons. The van der Waals surface area contributed by atoms with E-state index in [0.717, 1.165) is 25.7 Å². The number of ether oxygens (including phenoxy) is 1. The number of carbonyl (C=O) groups is 2. The van der Waals surface area contributed by atoms with Crippen LogP contribution >= 0.6 is 11.6 Å². The molecule has 7 heteroatoms. The highest BCUT2D eigenvalue weighted by molar-refractivity contribution is 6.31. The second-order valence-corrected chi connectivity index (χ2v) is 9.28. The SMILES string of the molecule is COc1ccccc1C1(N[C@H](C(=O)N(C)C)C2CCCCC2)C(=O)Nc2ccc(Cl)cc21. The Hall–Kier alpha value is -2.57. The minimum atomic E-state index is -1.30. The maximum Gasteiger partial charge on any atom is 0.254 e. The molecule has 1 fully saturated rings. The van der Waals surface area contributed by atoms with Gasteiger partial charge in [-0.1, -0.05) is 49.1 Å². The molecule has 0 aromatic heterocycles. The first kappa shape index (κ1) is 22.6. The Kier molecular flexibility index (Phi) is 6.45. The molecule has 1 unspecified atom stereocenters. The molecule has 1 aliphatic carbocycles. The number of amides is 2. The highest BCUT2D eigenvalue weighted by atomic mass is 35.5. The maximum absolute atomic E-state index is 13.7. The van der Waals surface area contributed by atoms with Gasteiger partial charge < -0.3 is 15.0 Å². The standard InChI is InChI=1S/C25H30ClN3O3/c1-29(2)23(30)22(16-9-5-4-6-10-16)28-25(18-11-7-8-12-21(18)32-3)19-15-17(26)13-14-20(19)27-24(25)31/h7-8,11-16,22,28H,4-6,9-10H2,1-3H3,(H,27,31)/t22-,25?/m0/s1. The van der Waals surface area contributed by atoms with Crippen LogP contribution < -0.4 is 15.4 Å². The molecule has 2 aromatic rings. The van der Waals surface area contributed by atoms with E-state index in [-0.39, 0.29) is 17.7 Å². The van der Waals surface area contributed by atoms with Crippen LogP contribution in [0, 0.1) is 5.92 Å². The Bertz CT molecular complexity index is 1020. The zero-order valence-corrected chi connectivity index (χ0v) is 19.5. The first-order valence-electron chi connectivity index (χ1n) is 11.1. The van der Waals surface area contributed by atoms with E-state index in [0.29, 0.717) is 27.6 Å². The predicted molar refractivity (Wildman–Crippen MR) is 126 cm³/mol. The molecule has 2 atom stereocenters. The zero-order chi connectivity index (χ0) is 22.9. The second-order valence-electron chi connectivity index (χ2n) is 8.85. The number of nitrogens with zero attached hydrogens (tertiary/aromatic N) is 1. The number of para-hydroxylation sites is 1. The average Bonchev–Trinajstić information content (AvgIpc) is 3.08. The Labute approximate surface area is 194 Å². The zero-order valence-electron chi connectivity index (χ0n) is 18.8. The van der Waals surface area contributed by atoms with E-state index in [1.165, 1.54) is 6.42 Å². The molecule has 1 heterocycles. The Morgan fingerprint density at radius 2 is 1.88 bits per heavy atom. The average molecular weight is 456 g/mol. The highest BCUT2D eigenvalue weighted by Gasteiger charge is 2.53. The predicted octanol–water partition coefficient (Wildman–Crippen LogP) is 4.17. The molecule has 0 radical (unpaired) electrons. The molecule has 32 heavy (non-hydrogen) atoms. The molecule has 0 bridgehead atoms. The Morgan fingerprint density at radius 1 is 1.16 bits per heavy atom. The third-order valence-electron chi connectivity index (χ3n) is 6.69. The number of likely N-dealkylation sites (N-methyl/N-ethyl adjacent to an activating group) is 1. The van der Waals surface area contributed by atoms with Gasteiger partial charge in [0.05, 0.1) is 13.2 Å². The van der Waals surface area contributed by atoms with Gasteiger partial charge in [-0.15, -0.1) is 0 Å². The third kappa shape index (κ3) is 3.86. The van der Waals surface area contributed by atoms with Gasteiger partial charge in [0.15, 0.2) is 5.54 Å². The number of fused-ring (bicyclic) bond motifs is 1. The topological polar surface area (TPSA) is 70.7 Å². The quantitative estimate of drug-likeness (QED) is 0.685. The van der Waals surface area contributed by atoms with E-state index in [9.17, 15) is 9.59 Å². The number of hydrogen-bond donors (Lipinski definition) is 2. The molecular formula is C25H30ClN3O3. The van der Waals surface area contributed by atoms with Crippen molar-refractivity contribution < 1.29 is 14.3 Å². The molecule has 2 N–H and O–H groups in total. The Morgan fingerprint density at radius 3 is 2.56 bits per heavy atom. The van der Waals surface area contributed by atoms with Gasteiger partial charge in [-0.05, 0) is 43.0 Å². The molecule has 1 aliphatic heterocycles. The molecular weight excluding hydrogens is 426 g/mol. The van der Waals surface area contributed by atoms with E-state index in [4.69, 9.17) is 16.3 Å². The largest absolute Gasteiger partial charge is 0.496 e. The van der Waals surface area contributed by atoms with Crippen LogP contribution in [-0.4, -0.2) is 44.0 Å². The highest BCUT2D eigenvalue weighted by Crippen LogP contribution is 2.46. The summed E-state index contributed by atoms with van der Waals surface area (Å²) in [6, 6.07) is 12.3. The summed E-state index contributed by atoms with van der Waals surface area (Å²) in [5.74, 6) is 0.435. The van der Waals surface area contributed by atoms with E-state index >= 15 is 0 Å². The summed E-state index contributed by atoms with van der Waals surface area (Å²) < 4.78 is 5.66. The molecule has 2 aromatic carbocycles. The molecule has 1 saturated carbocycles. The number of methoxy groups -OCH3 is 1. The number of hydrogen-bond acceptors (Lipinski definition) is 4. The van der Waals surface area contributed by atoms with Crippen molar-refractivity contribution in [2.24, 2.45) is 5.92 Å². The van der Waals surface area contributed by atoms with Crippen molar-refractivity contribution in [1.82, 2.24) is 10.2 Å². The smallest absolute Gasteiger partial charge is 0.254 e. The normalized spacial score (nSPS) is 21.6.